The number of esters is 1. The molecule has 0 aromatic heterocycles. The molecule has 0 aliphatic rings. The lowest BCUT2D eigenvalue weighted by atomic mass is 10.0. The molecule has 0 aliphatic carbocycles. The molecule has 0 spiro atoms. The second-order valence-electron chi connectivity index (χ2n) is 8.14. The average Bonchev–Trinajstić information content (AvgIpc) is 2.67. The van der Waals surface area contributed by atoms with Crippen molar-refractivity contribution in [1.29, 1.82) is 0 Å². The standard InChI is InChI=1S/C22H43NO6S/c1-2-3-4-5-6-7-8-9-10-11-12-13-14-15-16-17-18-29-22(25)20(19-21(23)24)30(26,27)28/h20H,2-19H2,1H3,(H2,23,24)(H,26,27,28). The van der Waals surface area contributed by atoms with Crippen LogP contribution in [0, 0.1) is 0 Å². The van der Waals surface area contributed by atoms with Crippen molar-refractivity contribution in [2.45, 2.75) is 121 Å². The molecule has 0 aromatic carbocycles. The number of amides is 1. The van der Waals surface area contributed by atoms with Crippen LogP contribution in [0.25, 0.3) is 0 Å². The molecule has 1 unspecified atom stereocenters. The molecule has 3 N–H and O–H groups in total. The molecule has 0 radical (unpaired) electrons. The van der Waals surface area contributed by atoms with E-state index >= 15 is 0 Å². The van der Waals surface area contributed by atoms with E-state index in [0.717, 1.165) is 19.3 Å². The SMILES string of the molecule is CCCCCCCCCCCCCCCCCCOC(=O)C(CC(N)=O)S(=O)(=O)O. The van der Waals surface area contributed by atoms with Gasteiger partial charge in [0.15, 0.2) is 5.25 Å². The molecule has 1 atom stereocenters. The normalized spacial score (nSPS) is 12.6. The van der Waals surface area contributed by atoms with Crippen LogP contribution in [-0.2, 0) is 24.4 Å². The highest BCUT2D eigenvalue weighted by Crippen LogP contribution is 2.14. The highest BCUT2D eigenvalue weighted by atomic mass is 32.2. The summed E-state index contributed by atoms with van der Waals surface area (Å²) in [6.07, 6.45) is 18.9. The Labute approximate surface area is 183 Å². The number of carbonyl (C=O) groups is 2. The predicted octanol–water partition coefficient (Wildman–Crippen LogP) is 4.92. The van der Waals surface area contributed by atoms with Crippen molar-refractivity contribution < 1.29 is 27.3 Å². The lowest BCUT2D eigenvalue weighted by molar-refractivity contribution is -0.144. The van der Waals surface area contributed by atoms with Gasteiger partial charge < -0.3 is 10.5 Å². The number of rotatable bonds is 21. The van der Waals surface area contributed by atoms with Gasteiger partial charge in [-0.3, -0.25) is 14.1 Å². The minimum Gasteiger partial charge on any atom is -0.465 e. The highest BCUT2D eigenvalue weighted by molar-refractivity contribution is 7.87. The van der Waals surface area contributed by atoms with E-state index < -0.39 is 33.7 Å². The van der Waals surface area contributed by atoms with E-state index in [9.17, 15) is 18.0 Å². The minimum absolute atomic E-state index is 0.0715. The summed E-state index contributed by atoms with van der Waals surface area (Å²) in [5.74, 6) is -2.12. The summed E-state index contributed by atoms with van der Waals surface area (Å²) in [7, 11) is -4.71. The molecule has 0 bridgehead atoms. The third-order valence-corrected chi connectivity index (χ3v) is 6.33. The number of nitrogens with two attached hydrogens (primary N) is 1. The zero-order valence-corrected chi connectivity index (χ0v) is 19.6. The van der Waals surface area contributed by atoms with E-state index in [1.54, 1.807) is 0 Å². The van der Waals surface area contributed by atoms with Gasteiger partial charge in [-0.1, -0.05) is 103 Å². The molecular formula is C22H43NO6S. The van der Waals surface area contributed by atoms with Crippen LogP contribution in [0.2, 0.25) is 0 Å². The minimum atomic E-state index is -4.71. The number of primary amides is 1. The van der Waals surface area contributed by atoms with E-state index in [2.05, 4.69) is 6.92 Å². The van der Waals surface area contributed by atoms with Crippen molar-refractivity contribution >= 4 is 22.0 Å². The zero-order valence-electron chi connectivity index (χ0n) is 18.8. The molecule has 0 saturated carbocycles. The molecule has 0 saturated heterocycles. The second-order valence-corrected chi connectivity index (χ2v) is 9.74. The van der Waals surface area contributed by atoms with Crippen molar-refractivity contribution in [3.8, 4) is 0 Å². The second kappa shape index (κ2) is 18.6. The Kier molecular flexibility index (Phi) is 17.9. The molecule has 1 amide bonds. The molecule has 8 heteroatoms. The summed E-state index contributed by atoms with van der Waals surface area (Å²) in [5.41, 5.74) is 4.90. The Morgan fingerprint density at radius 1 is 0.767 bits per heavy atom. The van der Waals surface area contributed by atoms with E-state index in [4.69, 9.17) is 15.0 Å². The van der Waals surface area contributed by atoms with Gasteiger partial charge in [-0.05, 0) is 6.42 Å². The van der Waals surface area contributed by atoms with Gasteiger partial charge in [-0.25, -0.2) is 0 Å². The predicted molar refractivity (Wildman–Crippen MR) is 120 cm³/mol. The fourth-order valence-electron chi connectivity index (χ4n) is 3.41. The van der Waals surface area contributed by atoms with Gasteiger partial charge >= 0.3 is 5.97 Å². The summed E-state index contributed by atoms with van der Waals surface area (Å²) in [5, 5.41) is -1.93. The smallest absolute Gasteiger partial charge is 0.327 e. The third-order valence-electron chi connectivity index (χ3n) is 5.25. The quantitative estimate of drug-likeness (QED) is 0.146. The summed E-state index contributed by atoms with van der Waals surface area (Å²) >= 11 is 0. The van der Waals surface area contributed by atoms with Crippen LogP contribution in [0.4, 0.5) is 0 Å². The van der Waals surface area contributed by atoms with Crippen LogP contribution in [0.5, 0.6) is 0 Å². The summed E-state index contributed by atoms with van der Waals surface area (Å²) in [6.45, 7) is 2.32. The average molecular weight is 450 g/mol. The Morgan fingerprint density at radius 3 is 1.47 bits per heavy atom. The highest BCUT2D eigenvalue weighted by Gasteiger charge is 2.34. The van der Waals surface area contributed by atoms with Crippen LogP contribution in [0.3, 0.4) is 0 Å². The van der Waals surface area contributed by atoms with Gasteiger partial charge in [0.05, 0.1) is 13.0 Å². The first-order valence-corrected chi connectivity index (χ1v) is 13.2. The topological polar surface area (TPSA) is 124 Å². The molecule has 0 rings (SSSR count). The lowest BCUT2D eigenvalue weighted by Crippen LogP contribution is -2.35. The Morgan fingerprint density at radius 2 is 1.13 bits per heavy atom. The van der Waals surface area contributed by atoms with Crippen molar-refractivity contribution in [3.05, 3.63) is 0 Å². The van der Waals surface area contributed by atoms with Gasteiger partial charge in [0.2, 0.25) is 5.91 Å². The zero-order chi connectivity index (χ0) is 22.7. The Hall–Kier alpha value is -1.15. The maximum atomic E-state index is 11.7. The Balaban J connectivity index is 3.49. The first kappa shape index (κ1) is 28.9. The maximum Gasteiger partial charge on any atom is 0.327 e. The molecular weight excluding hydrogens is 406 g/mol. The number of hydrogen-bond acceptors (Lipinski definition) is 5. The number of unbranched alkanes of at least 4 members (excludes halogenated alkanes) is 15. The largest absolute Gasteiger partial charge is 0.465 e. The summed E-state index contributed by atoms with van der Waals surface area (Å²) < 4.78 is 36.1. The third kappa shape index (κ3) is 17.7. The van der Waals surface area contributed by atoms with Gasteiger partial charge in [0.1, 0.15) is 0 Å². The summed E-state index contributed by atoms with van der Waals surface area (Å²) in [4.78, 5) is 22.5. The number of carbonyl (C=O) groups excluding carboxylic acids is 2. The van der Waals surface area contributed by atoms with Gasteiger partial charge in [0, 0.05) is 0 Å². The first-order valence-electron chi connectivity index (χ1n) is 11.7. The fraction of sp³-hybridized carbons (Fsp3) is 0.909. The van der Waals surface area contributed by atoms with Crippen molar-refractivity contribution in [3.63, 3.8) is 0 Å². The van der Waals surface area contributed by atoms with Crippen LogP contribution >= 0.6 is 0 Å². The molecule has 0 heterocycles. The number of hydrogen-bond donors (Lipinski definition) is 2. The van der Waals surface area contributed by atoms with Crippen molar-refractivity contribution in [1.82, 2.24) is 0 Å². The molecule has 7 nitrogen and oxygen atoms in total. The van der Waals surface area contributed by atoms with E-state index in [0.29, 0.717) is 6.42 Å². The van der Waals surface area contributed by atoms with Gasteiger partial charge in [0.25, 0.3) is 10.1 Å². The first-order chi connectivity index (χ1) is 14.3. The molecule has 178 valence electrons. The van der Waals surface area contributed by atoms with E-state index in [-0.39, 0.29) is 6.61 Å². The lowest BCUT2D eigenvalue weighted by Gasteiger charge is -2.11. The van der Waals surface area contributed by atoms with E-state index in [1.807, 2.05) is 0 Å². The van der Waals surface area contributed by atoms with Gasteiger partial charge in [-0.2, -0.15) is 8.42 Å². The molecule has 0 aromatic rings. The monoisotopic (exact) mass is 449 g/mol. The Bertz CT molecular complexity index is 550. The molecule has 0 fully saturated rings. The van der Waals surface area contributed by atoms with Crippen molar-refractivity contribution in [2.24, 2.45) is 5.73 Å². The molecule has 0 aliphatic heterocycles. The number of ether oxygens (including phenoxy) is 1. The fourth-order valence-corrected chi connectivity index (χ4v) is 4.09. The maximum absolute atomic E-state index is 11.7. The summed E-state index contributed by atoms with van der Waals surface area (Å²) in [6, 6.07) is 0. The van der Waals surface area contributed by atoms with Crippen LogP contribution in [-0.4, -0.2) is 36.7 Å². The van der Waals surface area contributed by atoms with Crippen LogP contribution in [0.15, 0.2) is 0 Å². The van der Waals surface area contributed by atoms with E-state index in [1.165, 1.54) is 77.0 Å². The molecule has 30 heavy (non-hydrogen) atoms. The van der Waals surface area contributed by atoms with Crippen LogP contribution < -0.4 is 5.73 Å². The van der Waals surface area contributed by atoms with Crippen molar-refractivity contribution in [2.75, 3.05) is 6.61 Å². The van der Waals surface area contributed by atoms with Gasteiger partial charge in [-0.15, -0.1) is 0 Å². The van der Waals surface area contributed by atoms with Crippen LogP contribution in [0.1, 0.15) is 116 Å².